The van der Waals surface area contributed by atoms with Crippen LogP contribution in [0.3, 0.4) is 0 Å². The Morgan fingerprint density at radius 2 is 1.49 bits per heavy atom. The second kappa shape index (κ2) is 28.0. The second-order valence-corrected chi connectivity index (χ2v) is 10.2. The monoisotopic (exact) mass is 614 g/mol. The molecule has 250 valence electrons. The van der Waals surface area contributed by atoms with Crippen LogP contribution in [0.4, 0.5) is 13.2 Å². The number of amidine groups is 1. The Balaban J connectivity index is -0.000000345. The third-order valence-electron chi connectivity index (χ3n) is 5.33. The van der Waals surface area contributed by atoms with E-state index in [2.05, 4.69) is 47.5 Å². The van der Waals surface area contributed by atoms with Crippen LogP contribution in [-0.2, 0) is 11.0 Å². The van der Waals surface area contributed by atoms with Gasteiger partial charge in [0, 0.05) is 25.1 Å². The Hall–Kier alpha value is -2.81. The third-order valence-corrected chi connectivity index (χ3v) is 5.33. The summed E-state index contributed by atoms with van der Waals surface area (Å²) in [5.74, 6) is 0.507. The van der Waals surface area contributed by atoms with Gasteiger partial charge in [-0.25, -0.2) is 4.99 Å². The van der Waals surface area contributed by atoms with Crippen molar-refractivity contribution in [3.8, 4) is 5.75 Å². The van der Waals surface area contributed by atoms with E-state index in [0.29, 0.717) is 29.2 Å². The van der Waals surface area contributed by atoms with E-state index >= 15 is 0 Å². The molecule has 9 heteroatoms. The van der Waals surface area contributed by atoms with E-state index < -0.39 is 17.5 Å². The van der Waals surface area contributed by atoms with Gasteiger partial charge in [0.15, 0.2) is 0 Å². The van der Waals surface area contributed by atoms with E-state index in [1.807, 2.05) is 55.4 Å². The molecule has 0 unspecified atom stereocenters. The summed E-state index contributed by atoms with van der Waals surface area (Å²) in [6.07, 6.45) is 0.739. The number of carbonyl (C=O) groups excluding carboxylic acids is 1. The summed E-state index contributed by atoms with van der Waals surface area (Å²) in [5.41, 5.74) is 1.13. The topological polar surface area (TPSA) is 77.6 Å². The quantitative estimate of drug-likeness (QED) is 0.171. The van der Waals surface area contributed by atoms with Crippen LogP contribution in [0.2, 0.25) is 0 Å². The minimum absolute atomic E-state index is 0.204. The highest BCUT2D eigenvalue weighted by molar-refractivity contribution is 6.16. The van der Waals surface area contributed by atoms with E-state index in [4.69, 9.17) is 0 Å². The molecule has 0 aromatic heterocycles. The second-order valence-electron chi connectivity index (χ2n) is 10.2. The number of aldehydes is 1. The summed E-state index contributed by atoms with van der Waals surface area (Å²) in [7, 11) is 3.81. The van der Waals surface area contributed by atoms with Crippen LogP contribution in [-0.4, -0.2) is 68.3 Å². The zero-order valence-electron chi connectivity index (χ0n) is 29.5. The van der Waals surface area contributed by atoms with E-state index in [0.717, 1.165) is 24.0 Å². The first-order chi connectivity index (χ1) is 20.0. The number of allylic oxidation sites excluding steroid dienone is 2. The fourth-order valence-electron chi connectivity index (χ4n) is 3.12. The largest absolute Gasteiger partial charge is 0.507 e. The van der Waals surface area contributed by atoms with Gasteiger partial charge >= 0.3 is 6.18 Å². The average molecular weight is 615 g/mol. The Morgan fingerprint density at radius 1 is 1.05 bits per heavy atom. The van der Waals surface area contributed by atoms with Gasteiger partial charge in [-0.15, -0.1) is 0 Å². The molecule has 0 heterocycles. The lowest BCUT2D eigenvalue weighted by molar-refractivity contribution is -0.137. The molecule has 0 fully saturated rings. The highest BCUT2D eigenvalue weighted by atomic mass is 19.4. The van der Waals surface area contributed by atoms with Crippen LogP contribution in [0.1, 0.15) is 106 Å². The van der Waals surface area contributed by atoms with Crippen molar-refractivity contribution in [2.75, 3.05) is 33.7 Å². The van der Waals surface area contributed by atoms with Gasteiger partial charge in [0.05, 0.1) is 11.3 Å². The Labute approximate surface area is 261 Å². The molecule has 0 saturated carbocycles. The molecule has 0 saturated heterocycles. The summed E-state index contributed by atoms with van der Waals surface area (Å²) >= 11 is 0. The zero-order chi connectivity index (χ0) is 34.8. The number of benzene rings is 1. The third kappa shape index (κ3) is 25.4. The highest BCUT2D eigenvalue weighted by Gasteiger charge is 2.32. The fraction of sp³-hybridized carbons (Fsp3) is 0.647. The first-order valence-corrected chi connectivity index (χ1v) is 15.1. The lowest BCUT2D eigenvalue weighted by Gasteiger charge is -2.15. The smallest absolute Gasteiger partial charge is 0.416 e. The molecule has 1 N–H and O–H groups in total. The molecule has 0 aliphatic carbocycles. The van der Waals surface area contributed by atoms with E-state index in [1.165, 1.54) is 32.9 Å². The molecule has 0 spiro atoms. The number of phenols is 1. The van der Waals surface area contributed by atoms with E-state index in [9.17, 15) is 23.1 Å². The number of aliphatic imine (C=N–C) groups is 3. The molecular formula is C34H61F3N4O2. The van der Waals surface area contributed by atoms with E-state index in [1.54, 1.807) is 20.0 Å². The Kier molecular flexibility index (Phi) is 30.7. The van der Waals surface area contributed by atoms with Gasteiger partial charge < -0.3 is 19.8 Å². The molecule has 0 bridgehead atoms. The molecule has 0 aliphatic heterocycles. The number of rotatable bonds is 9. The van der Waals surface area contributed by atoms with Crippen molar-refractivity contribution < 1.29 is 23.1 Å². The minimum atomic E-state index is -4.51. The van der Waals surface area contributed by atoms with Gasteiger partial charge in [-0.1, -0.05) is 61.0 Å². The number of aromatic hydroxyl groups is 1. The van der Waals surface area contributed by atoms with Crippen molar-refractivity contribution in [3.63, 3.8) is 0 Å². The average Bonchev–Trinajstić information content (AvgIpc) is 2.90. The van der Waals surface area contributed by atoms with Gasteiger partial charge in [0.2, 0.25) is 0 Å². The van der Waals surface area contributed by atoms with Crippen LogP contribution in [0.15, 0.2) is 38.8 Å². The molecule has 1 rings (SSSR count). The first kappa shape index (κ1) is 47.1. The van der Waals surface area contributed by atoms with Crippen LogP contribution in [0, 0.1) is 18.8 Å². The molecule has 43 heavy (non-hydrogen) atoms. The first-order valence-electron chi connectivity index (χ1n) is 15.1. The number of aryl methyl sites for hydroxylation is 1. The molecular weight excluding hydrogens is 553 g/mol. The summed E-state index contributed by atoms with van der Waals surface area (Å²) < 4.78 is 38.8. The van der Waals surface area contributed by atoms with Crippen LogP contribution in [0.5, 0.6) is 5.75 Å². The lowest BCUT2D eigenvalue weighted by Crippen LogP contribution is -2.19. The van der Waals surface area contributed by atoms with Crippen molar-refractivity contribution in [1.29, 1.82) is 0 Å². The predicted octanol–water partition coefficient (Wildman–Crippen LogP) is 9.47. The summed E-state index contributed by atoms with van der Waals surface area (Å²) in [4.78, 5) is 23.7. The maximum absolute atomic E-state index is 12.9. The summed E-state index contributed by atoms with van der Waals surface area (Å²) in [6.45, 7) is 29.3. The number of phenolic OH excluding ortho intramolecular Hbond substituents is 1. The zero-order valence-corrected chi connectivity index (χ0v) is 29.5. The number of alkyl halides is 3. The Morgan fingerprint density at radius 3 is 1.79 bits per heavy atom. The maximum Gasteiger partial charge on any atom is 0.416 e. The molecule has 6 nitrogen and oxygen atoms in total. The molecule has 1 aromatic rings. The minimum Gasteiger partial charge on any atom is -0.507 e. The number of hydrogen-bond donors (Lipinski definition) is 1. The normalized spacial score (nSPS) is 11.8. The molecule has 0 atom stereocenters. The molecule has 0 aliphatic rings. The van der Waals surface area contributed by atoms with Gasteiger partial charge in [0.25, 0.3) is 0 Å². The van der Waals surface area contributed by atoms with Crippen molar-refractivity contribution in [2.24, 2.45) is 26.8 Å². The SMILES string of the molecule is C=NC.CC.CC(C)C=O.CCCN(C)CCC.CCN=C(C)N=C(/C=C(/C)C(C)C)c1c(C)cc(C(F)(F)F)cc1O. The van der Waals surface area contributed by atoms with E-state index in [-0.39, 0.29) is 11.8 Å². The molecule has 1 aromatic carbocycles. The molecule has 0 radical (unpaired) electrons. The van der Waals surface area contributed by atoms with Crippen molar-refractivity contribution in [1.82, 2.24) is 4.90 Å². The van der Waals surface area contributed by atoms with Gasteiger partial charge in [-0.05, 0) is 97.1 Å². The Bertz CT molecular complexity index is 938. The maximum atomic E-state index is 12.9. The van der Waals surface area contributed by atoms with Crippen molar-refractivity contribution in [2.45, 2.75) is 102 Å². The number of halogens is 3. The van der Waals surface area contributed by atoms with Crippen LogP contribution in [0.25, 0.3) is 0 Å². The van der Waals surface area contributed by atoms with Gasteiger partial charge in [-0.2, -0.15) is 13.2 Å². The summed E-state index contributed by atoms with van der Waals surface area (Å²) in [6, 6.07) is 1.76. The fourth-order valence-corrected chi connectivity index (χ4v) is 3.12. The van der Waals surface area contributed by atoms with Crippen LogP contribution >= 0.6 is 0 Å². The standard InChI is InChI=1S/C19H25F3N2O.C7H17N.C4H8O.C2H5N.C2H6/c1-7-23-14(6)24-16(9-12(4)11(2)3)18-13(5)8-15(10-17(18)25)19(20,21)22;1-4-6-8(3)7-5-2;1-4(2)3-5;1-3-2;1-2/h8-11,25H,7H2,1-6H3;4-7H2,1-3H3;3-4H,1-2H3;1H2,2H3;1-2H3/b12-9-,23-14?,24-16?;;;;. The number of nitrogens with zero attached hydrogens (tertiary/aromatic N) is 4. The summed E-state index contributed by atoms with van der Waals surface area (Å²) in [5, 5.41) is 10.3. The molecule has 0 amide bonds. The predicted molar refractivity (Wildman–Crippen MR) is 182 cm³/mol. The van der Waals surface area contributed by atoms with Crippen molar-refractivity contribution in [3.05, 3.63) is 40.5 Å². The number of carbonyl (C=O) groups is 1. The van der Waals surface area contributed by atoms with Crippen LogP contribution < -0.4 is 0 Å². The number of hydrogen-bond acceptors (Lipinski definition) is 5. The highest BCUT2D eigenvalue weighted by Crippen LogP contribution is 2.35. The van der Waals surface area contributed by atoms with Gasteiger partial charge in [-0.3, -0.25) is 4.99 Å². The van der Waals surface area contributed by atoms with Crippen molar-refractivity contribution >= 4 is 24.6 Å². The van der Waals surface area contributed by atoms with Gasteiger partial charge in [0.1, 0.15) is 17.9 Å². The lowest BCUT2D eigenvalue weighted by atomic mass is 9.96.